The van der Waals surface area contributed by atoms with E-state index in [9.17, 15) is 4.79 Å². The van der Waals surface area contributed by atoms with Crippen molar-refractivity contribution in [1.82, 2.24) is 4.90 Å². The molecule has 2 rings (SSSR count). The molecule has 4 heteroatoms. The van der Waals surface area contributed by atoms with Gasteiger partial charge in [0.15, 0.2) is 0 Å². The number of carbonyl (C=O) groups is 1. The van der Waals surface area contributed by atoms with Crippen LogP contribution in [0.4, 0.5) is 0 Å². The van der Waals surface area contributed by atoms with Gasteiger partial charge in [0.2, 0.25) is 5.91 Å². The number of thiophene rings is 1. The molecule has 0 radical (unpaired) electrons. The molecule has 3 nitrogen and oxygen atoms in total. The molecule has 2 heterocycles. The maximum Gasteiger partial charge on any atom is 0.226 e. The van der Waals surface area contributed by atoms with Gasteiger partial charge in [-0.2, -0.15) is 0 Å². The number of piperidine rings is 1. The molecule has 1 aliphatic heterocycles. The van der Waals surface area contributed by atoms with E-state index < -0.39 is 0 Å². The van der Waals surface area contributed by atoms with Gasteiger partial charge < -0.3 is 10.6 Å². The van der Waals surface area contributed by atoms with Crippen molar-refractivity contribution in [1.29, 1.82) is 0 Å². The van der Waals surface area contributed by atoms with E-state index >= 15 is 0 Å². The Balaban J connectivity index is 2.00. The summed E-state index contributed by atoms with van der Waals surface area (Å²) in [6, 6.07) is 4.38. The molecule has 1 saturated heterocycles. The summed E-state index contributed by atoms with van der Waals surface area (Å²) in [7, 11) is 0. The van der Waals surface area contributed by atoms with E-state index in [-0.39, 0.29) is 17.9 Å². The van der Waals surface area contributed by atoms with Gasteiger partial charge in [0.1, 0.15) is 0 Å². The lowest BCUT2D eigenvalue weighted by Gasteiger charge is -2.40. The molecule has 0 aromatic carbocycles. The first-order chi connectivity index (χ1) is 9.13. The lowest BCUT2D eigenvalue weighted by atomic mass is 9.89. The van der Waals surface area contributed by atoms with Crippen LogP contribution in [-0.2, 0) is 11.2 Å². The van der Waals surface area contributed by atoms with E-state index in [0.717, 1.165) is 19.4 Å². The zero-order valence-corrected chi connectivity index (χ0v) is 12.7. The van der Waals surface area contributed by atoms with Crippen LogP contribution < -0.4 is 5.73 Å². The molecule has 0 aliphatic carbocycles. The topological polar surface area (TPSA) is 46.3 Å². The van der Waals surface area contributed by atoms with Crippen molar-refractivity contribution >= 4 is 17.2 Å². The van der Waals surface area contributed by atoms with Crippen molar-refractivity contribution in [2.45, 2.75) is 39.2 Å². The van der Waals surface area contributed by atoms with Gasteiger partial charge in [-0.15, -0.1) is 11.3 Å². The highest BCUT2D eigenvalue weighted by Gasteiger charge is 2.32. The van der Waals surface area contributed by atoms with Crippen LogP contribution >= 0.6 is 11.3 Å². The van der Waals surface area contributed by atoms with E-state index in [4.69, 9.17) is 5.73 Å². The summed E-state index contributed by atoms with van der Waals surface area (Å²) in [6.07, 6.45) is 3.14. The van der Waals surface area contributed by atoms with E-state index in [2.05, 4.69) is 18.4 Å². The fraction of sp³-hybridized carbons (Fsp3) is 0.667. The van der Waals surface area contributed by atoms with Crippen LogP contribution in [0.2, 0.25) is 0 Å². The molecule has 1 aromatic heterocycles. The van der Waals surface area contributed by atoms with Crippen molar-refractivity contribution in [2.75, 3.05) is 13.1 Å². The Kier molecular flexibility index (Phi) is 4.99. The zero-order chi connectivity index (χ0) is 13.8. The average molecular weight is 280 g/mol. The summed E-state index contributed by atoms with van der Waals surface area (Å²) in [5.74, 6) is 0.852. The third kappa shape index (κ3) is 3.37. The van der Waals surface area contributed by atoms with Gasteiger partial charge in [0, 0.05) is 29.9 Å². The van der Waals surface area contributed by atoms with Crippen LogP contribution in [0.1, 0.15) is 31.6 Å². The van der Waals surface area contributed by atoms with E-state index in [1.165, 1.54) is 11.3 Å². The maximum absolute atomic E-state index is 12.6. The summed E-state index contributed by atoms with van der Waals surface area (Å²) >= 11 is 1.73. The van der Waals surface area contributed by atoms with Crippen LogP contribution in [0.15, 0.2) is 17.5 Å². The van der Waals surface area contributed by atoms with E-state index in [1.54, 1.807) is 11.3 Å². The summed E-state index contributed by atoms with van der Waals surface area (Å²) in [5, 5.41) is 2.07. The molecule has 2 N–H and O–H groups in total. The minimum Gasteiger partial charge on any atom is -0.338 e. The molecule has 106 valence electrons. The standard InChI is InChI=1S/C15H24N2OS/c1-11-5-3-7-17(14(11)10-16)15(18)12(2)9-13-6-4-8-19-13/h4,6,8,11-12,14H,3,5,7,9-10,16H2,1-2H3/t11-,12+,14-/m0/s1. The summed E-state index contributed by atoms with van der Waals surface area (Å²) < 4.78 is 0. The molecule has 0 unspecified atom stereocenters. The predicted molar refractivity (Wildman–Crippen MR) is 80.1 cm³/mol. The molecule has 1 aliphatic rings. The maximum atomic E-state index is 12.6. The smallest absolute Gasteiger partial charge is 0.226 e. The van der Waals surface area contributed by atoms with Crippen molar-refractivity contribution in [3.05, 3.63) is 22.4 Å². The van der Waals surface area contributed by atoms with Crippen molar-refractivity contribution < 1.29 is 4.79 Å². The number of likely N-dealkylation sites (tertiary alicyclic amines) is 1. The van der Waals surface area contributed by atoms with Crippen molar-refractivity contribution in [3.8, 4) is 0 Å². The molecule has 0 saturated carbocycles. The summed E-state index contributed by atoms with van der Waals surface area (Å²) in [6.45, 7) is 5.70. The fourth-order valence-electron chi connectivity index (χ4n) is 2.98. The number of hydrogen-bond acceptors (Lipinski definition) is 3. The second-order valence-electron chi connectivity index (χ2n) is 5.64. The van der Waals surface area contributed by atoms with Crippen LogP contribution in [0, 0.1) is 11.8 Å². The number of carbonyl (C=O) groups excluding carboxylic acids is 1. The third-order valence-corrected chi connectivity index (χ3v) is 5.05. The summed E-state index contributed by atoms with van der Waals surface area (Å²) in [5.41, 5.74) is 5.87. The Morgan fingerprint density at radius 1 is 1.63 bits per heavy atom. The molecule has 0 bridgehead atoms. The lowest BCUT2D eigenvalue weighted by molar-refractivity contribution is -0.139. The SMILES string of the molecule is C[C@H](Cc1cccs1)C(=O)N1CCC[C@H](C)[C@@H]1CN. The van der Waals surface area contributed by atoms with Gasteiger partial charge in [-0.1, -0.05) is 19.9 Å². The Bertz CT molecular complexity index is 404. The number of nitrogens with two attached hydrogens (primary N) is 1. The highest BCUT2D eigenvalue weighted by atomic mass is 32.1. The van der Waals surface area contributed by atoms with Gasteiger partial charge >= 0.3 is 0 Å². The Morgan fingerprint density at radius 2 is 2.42 bits per heavy atom. The minimum absolute atomic E-state index is 0.0537. The molecular formula is C15H24N2OS. The zero-order valence-electron chi connectivity index (χ0n) is 11.8. The Hall–Kier alpha value is -0.870. The fourth-order valence-corrected chi connectivity index (χ4v) is 3.82. The average Bonchev–Trinajstić information content (AvgIpc) is 2.90. The first kappa shape index (κ1) is 14.5. The third-order valence-electron chi connectivity index (χ3n) is 4.15. The molecule has 0 spiro atoms. The largest absolute Gasteiger partial charge is 0.338 e. The van der Waals surface area contributed by atoms with Crippen molar-refractivity contribution in [2.24, 2.45) is 17.6 Å². The molecule has 1 aromatic rings. The molecule has 19 heavy (non-hydrogen) atoms. The van der Waals surface area contributed by atoms with Gasteiger partial charge in [0.25, 0.3) is 0 Å². The van der Waals surface area contributed by atoms with Gasteiger partial charge in [-0.05, 0) is 36.6 Å². The Morgan fingerprint density at radius 3 is 3.05 bits per heavy atom. The monoisotopic (exact) mass is 280 g/mol. The number of amides is 1. The Labute approximate surface area is 119 Å². The number of nitrogens with zero attached hydrogens (tertiary/aromatic N) is 1. The molecule has 3 atom stereocenters. The first-order valence-electron chi connectivity index (χ1n) is 7.16. The summed E-state index contributed by atoms with van der Waals surface area (Å²) in [4.78, 5) is 15.9. The quantitative estimate of drug-likeness (QED) is 0.921. The molecule has 1 amide bonds. The van der Waals surface area contributed by atoms with E-state index in [1.807, 2.05) is 17.9 Å². The van der Waals surface area contributed by atoms with Crippen LogP contribution in [0.25, 0.3) is 0 Å². The second-order valence-corrected chi connectivity index (χ2v) is 6.67. The first-order valence-corrected chi connectivity index (χ1v) is 8.04. The number of hydrogen-bond donors (Lipinski definition) is 1. The van der Waals surface area contributed by atoms with E-state index in [0.29, 0.717) is 12.5 Å². The normalized spacial score (nSPS) is 25.3. The van der Waals surface area contributed by atoms with Crippen LogP contribution in [-0.4, -0.2) is 29.9 Å². The van der Waals surface area contributed by atoms with Gasteiger partial charge in [-0.3, -0.25) is 4.79 Å². The van der Waals surface area contributed by atoms with Gasteiger partial charge in [-0.25, -0.2) is 0 Å². The lowest BCUT2D eigenvalue weighted by Crippen LogP contribution is -2.53. The van der Waals surface area contributed by atoms with Crippen LogP contribution in [0.3, 0.4) is 0 Å². The molecular weight excluding hydrogens is 256 g/mol. The predicted octanol–water partition coefficient (Wildman–Crippen LogP) is 2.51. The molecule has 1 fully saturated rings. The second kappa shape index (κ2) is 6.53. The number of rotatable bonds is 4. The highest BCUT2D eigenvalue weighted by Crippen LogP contribution is 2.25. The van der Waals surface area contributed by atoms with Gasteiger partial charge in [0.05, 0.1) is 0 Å². The minimum atomic E-state index is 0.0537. The van der Waals surface area contributed by atoms with Crippen molar-refractivity contribution in [3.63, 3.8) is 0 Å². The van der Waals surface area contributed by atoms with Crippen LogP contribution in [0.5, 0.6) is 0 Å². The highest BCUT2D eigenvalue weighted by molar-refractivity contribution is 7.09.